The summed E-state index contributed by atoms with van der Waals surface area (Å²) >= 11 is 0. The summed E-state index contributed by atoms with van der Waals surface area (Å²) in [6.07, 6.45) is 3.86. The van der Waals surface area contributed by atoms with Crippen molar-refractivity contribution in [1.29, 1.82) is 0 Å². The van der Waals surface area contributed by atoms with E-state index in [1.807, 2.05) is 6.07 Å². The SMILES string of the molecule is CN(C(=O)c1n[nH]c(C2CC2)c1N)c1ccccn1. The van der Waals surface area contributed by atoms with Gasteiger partial charge in [-0.1, -0.05) is 6.07 Å². The number of hydrogen-bond donors (Lipinski definition) is 2. The summed E-state index contributed by atoms with van der Waals surface area (Å²) in [5.41, 5.74) is 7.63. The Morgan fingerprint density at radius 3 is 2.89 bits per heavy atom. The van der Waals surface area contributed by atoms with E-state index in [2.05, 4.69) is 15.2 Å². The van der Waals surface area contributed by atoms with Gasteiger partial charge in [-0.2, -0.15) is 5.10 Å². The third-order valence-electron chi connectivity index (χ3n) is 3.32. The lowest BCUT2D eigenvalue weighted by atomic mass is 10.2. The monoisotopic (exact) mass is 257 g/mol. The molecule has 1 saturated carbocycles. The van der Waals surface area contributed by atoms with E-state index in [9.17, 15) is 4.79 Å². The molecular weight excluding hydrogens is 242 g/mol. The minimum absolute atomic E-state index is 0.251. The van der Waals surface area contributed by atoms with Gasteiger partial charge in [-0.15, -0.1) is 0 Å². The number of carbonyl (C=O) groups is 1. The van der Waals surface area contributed by atoms with E-state index in [-0.39, 0.29) is 11.6 Å². The second-order valence-corrected chi connectivity index (χ2v) is 4.73. The number of pyridine rings is 1. The van der Waals surface area contributed by atoms with Crippen LogP contribution in [0.3, 0.4) is 0 Å². The molecule has 1 aliphatic rings. The van der Waals surface area contributed by atoms with Crippen LogP contribution in [0, 0.1) is 0 Å². The van der Waals surface area contributed by atoms with E-state index in [0.29, 0.717) is 17.4 Å². The molecule has 0 radical (unpaired) electrons. The highest BCUT2D eigenvalue weighted by molar-refractivity contribution is 6.07. The summed E-state index contributed by atoms with van der Waals surface area (Å²) in [4.78, 5) is 17.9. The van der Waals surface area contributed by atoms with Gasteiger partial charge in [0.15, 0.2) is 5.69 Å². The lowest BCUT2D eigenvalue weighted by molar-refractivity contribution is 0.0988. The van der Waals surface area contributed by atoms with E-state index < -0.39 is 0 Å². The number of aromatic nitrogens is 3. The van der Waals surface area contributed by atoms with Crippen molar-refractivity contribution < 1.29 is 4.79 Å². The van der Waals surface area contributed by atoms with Crippen molar-refractivity contribution in [3.8, 4) is 0 Å². The Balaban J connectivity index is 1.87. The molecule has 1 aliphatic carbocycles. The first-order valence-corrected chi connectivity index (χ1v) is 6.21. The fourth-order valence-corrected chi connectivity index (χ4v) is 2.03. The number of nitrogens with two attached hydrogens (primary N) is 1. The molecule has 0 saturated heterocycles. The normalized spacial score (nSPS) is 14.4. The summed E-state index contributed by atoms with van der Waals surface area (Å²) in [6.45, 7) is 0. The van der Waals surface area contributed by atoms with Crippen LogP contribution in [-0.2, 0) is 0 Å². The zero-order valence-corrected chi connectivity index (χ0v) is 10.6. The Hall–Kier alpha value is -2.37. The van der Waals surface area contributed by atoms with Crippen molar-refractivity contribution in [2.45, 2.75) is 18.8 Å². The lowest BCUT2D eigenvalue weighted by Crippen LogP contribution is -2.28. The molecule has 2 aromatic rings. The number of rotatable bonds is 3. The first-order valence-electron chi connectivity index (χ1n) is 6.21. The van der Waals surface area contributed by atoms with Gasteiger partial charge in [0.2, 0.25) is 0 Å². The second-order valence-electron chi connectivity index (χ2n) is 4.73. The third kappa shape index (κ3) is 2.05. The van der Waals surface area contributed by atoms with E-state index in [1.165, 1.54) is 4.90 Å². The standard InChI is InChI=1S/C13H15N5O/c1-18(9-4-2-3-7-15-9)13(19)12-10(14)11(16-17-12)8-5-6-8/h2-4,7-8H,5-6,14H2,1H3,(H,16,17). The molecule has 6 heteroatoms. The van der Waals surface area contributed by atoms with Crippen LogP contribution in [0.4, 0.5) is 11.5 Å². The molecule has 6 nitrogen and oxygen atoms in total. The minimum Gasteiger partial charge on any atom is -0.395 e. The maximum atomic E-state index is 12.3. The lowest BCUT2D eigenvalue weighted by Gasteiger charge is -2.14. The first-order chi connectivity index (χ1) is 9.18. The average molecular weight is 257 g/mol. The van der Waals surface area contributed by atoms with Crippen LogP contribution in [0.2, 0.25) is 0 Å². The predicted octanol–water partition coefficient (Wildman–Crippen LogP) is 1.54. The molecule has 3 rings (SSSR count). The number of nitrogens with one attached hydrogen (secondary N) is 1. The van der Waals surface area contributed by atoms with E-state index in [1.54, 1.807) is 25.4 Å². The molecule has 98 valence electrons. The van der Waals surface area contributed by atoms with Crippen LogP contribution < -0.4 is 10.6 Å². The molecule has 1 amide bonds. The molecule has 2 aromatic heterocycles. The number of hydrogen-bond acceptors (Lipinski definition) is 4. The molecule has 0 unspecified atom stereocenters. The van der Waals surface area contributed by atoms with Crippen LogP contribution in [0.15, 0.2) is 24.4 Å². The molecule has 3 N–H and O–H groups in total. The number of anilines is 2. The molecule has 0 atom stereocenters. The topological polar surface area (TPSA) is 87.9 Å². The zero-order chi connectivity index (χ0) is 13.4. The number of amides is 1. The highest BCUT2D eigenvalue weighted by Gasteiger charge is 2.31. The number of nitrogens with zero attached hydrogens (tertiary/aromatic N) is 3. The maximum Gasteiger partial charge on any atom is 0.281 e. The van der Waals surface area contributed by atoms with Crippen molar-refractivity contribution in [2.75, 3.05) is 17.7 Å². The Bertz CT molecular complexity index is 603. The van der Waals surface area contributed by atoms with Gasteiger partial charge in [0, 0.05) is 19.2 Å². The third-order valence-corrected chi connectivity index (χ3v) is 3.32. The molecule has 19 heavy (non-hydrogen) atoms. The number of nitrogen functional groups attached to an aromatic ring is 1. The Morgan fingerprint density at radius 2 is 2.26 bits per heavy atom. The highest BCUT2D eigenvalue weighted by Crippen LogP contribution is 2.42. The molecule has 2 heterocycles. The van der Waals surface area contributed by atoms with Crippen molar-refractivity contribution in [2.24, 2.45) is 0 Å². The molecule has 0 aromatic carbocycles. The number of carbonyl (C=O) groups excluding carboxylic acids is 1. The van der Waals surface area contributed by atoms with Gasteiger partial charge < -0.3 is 5.73 Å². The minimum atomic E-state index is -0.251. The van der Waals surface area contributed by atoms with Crippen molar-refractivity contribution in [3.63, 3.8) is 0 Å². The summed E-state index contributed by atoms with van der Waals surface area (Å²) in [6, 6.07) is 5.40. The van der Waals surface area contributed by atoms with Crippen LogP contribution in [-0.4, -0.2) is 28.1 Å². The second kappa shape index (κ2) is 4.38. The number of aromatic amines is 1. The zero-order valence-electron chi connectivity index (χ0n) is 10.6. The van der Waals surface area contributed by atoms with Gasteiger partial charge in [0.25, 0.3) is 5.91 Å². The van der Waals surface area contributed by atoms with Crippen molar-refractivity contribution >= 4 is 17.4 Å². The van der Waals surface area contributed by atoms with Crippen LogP contribution in [0.25, 0.3) is 0 Å². The smallest absolute Gasteiger partial charge is 0.281 e. The van der Waals surface area contributed by atoms with Crippen LogP contribution >= 0.6 is 0 Å². The molecule has 0 bridgehead atoms. The molecule has 0 spiro atoms. The van der Waals surface area contributed by atoms with E-state index in [4.69, 9.17) is 5.73 Å². The summed E-state index contributed by atoms with van der Waals surface area (Å²) < 4.78 is 0. The van der Waals surface area contributed by atoms with Gasteiger partial charge in [-0.25, -0.2) is 4.98 Å². The largest absolute Gasteiger partial charge is 0.395 e. The summed E-state index contributed by atoms with van der Waals surface area (Å²) in [5.74, 6) is 0.761. The van der Waals surface area contributed by atoms with Gasteiger partial charge in [-0.05, 0) is 25.0 Å². The molecule has 1 fully saturated rings. The van der Waals surface area contributed by atoms with Crippen LogP contribution in [0.5, 0.6) is 0 Å². The highest BCUT2D eigenvalue weighted by atomic mass is 16.2. The van der Waals surface area contributed by atoms with Gasteiger partial charge in [-0.3, -0.25) is 14.8 Å². The Morgan fingerprint density at radius 1 is 1.47 bits per heavy atom. The summed E-state index contributed by atoms with van der Waals surface area (Å²) in [7, 11) is 1.66. The van der Waals surface area contributed by atoms with Gasteiger partial charge >= 0.3 is 0 Å². The molecular formula is C13H15N5O. The Labute approximate surface area is 110 Å². The first kappa shape index (κ1) is 11.7. The summed E-state index contributed by atoms with van der Waals surface area (Å²) in [5, 5.41) is 6.93. The fourth-order valence-electron chi connectivity index (χ4n) is 2.03. The predicted molar refractivity (Wildman–Crippen MR) is 71.9 cm³/mol. The average Bonchev–Trinajstić information content (AvgIpc) is 3.21. The van der Waals surface area contributed by atoms with Crippen molar-refractivity contribution in [3.05, 3.63) is 35.8 Å². The van der Waals surface area contributed by atoms with Crippen molar-refractivity contribution in [1.82, 2.24) is 15.2 Å². The molecule has 0 aliphatic heterocycles. The number of H-pyrrole nitrogens is 1. The maximum absolute atomic E-state index is 12.3. The van der Waals surface area contributed by atoms with Gasteiger partial charge in [0.1, 0.15) is 5.82 Å². The Kier molecular flexibility index (Phi) is 2.70. The van der Waals surface area contributed by atoms with Crippen LogP contribution in [0.1, 0.15) is 34.9 Å². The fraction of sp³-hybridized carbons (Fsp3) is 0.308. The quantitative estimate of drug-likeness (QED) is 0.873. The van der Waals surface area contributed by atoms with Gasteiger partial charge in [0.05, 0.1) is 11.4 Å². The van der Waals surface area contributed by atoms with E-state index in [0.717, 1.165) is 18.5 Å². The van der Waals surface area contributed by atoms with E-state index >= 15 is 0 Å².